The molecule has 0 bridgehead atoms. The summed E-state index contributed by atoms with van der Waals surface area (Å²) in [5, 5.41) is 8.04. The minimum Gasteiger partial charge on any atom is -0.374 e. The van der Waals surface area contributed by atoms with Gasteiger partial charge in [0, 0.05) is 44.5 Å². The van der Waals surface area contributed by atoms with Crippen LogP contribution in [0.2, 0.25) is 0 Å². The first-order valence-electron chi connectivity index (χ1n) is 7.18. The van der Waals surface area contributed by atoms with Gasteiger partial charge >= 0.3 is 0 Å². The van der Waals surface area contributed by atoms with E-state index in [0.717, 1.165) is 38.1 Å². The van der Waals surface area contributed by atoms with Gasteiger partial charge in [0.2, 0.25) is 0 Å². The normalized spacial score (nSPS) is 24.8. The molecule has 1 aliphatic rings. The zero-order valence-electron chi connectivity index (χ0n) is 12.3. The number of ether oxygens (including phenoxy) is 1. The van der Waals surface area contributed by atoms with Crippen LogP contribution in [-0.2, 0) is 18.2 Å². The van der Waals surface area contributed by atoms with Crippen molar-refractivity contribution in [3.63, 3.8) is 0 Å². The molecule has 2 heterocycles. The molecule has 1 aromatic heterocycles. The fourth-order valence-corrected chi connectivity index (χ4v) is 2.75. The topological polar surface area (TPSA) is 65.1 Å². The van der Waals surface area contributed by atoms with Crippen LogP contribution >= 0.6 is 0 Å². The van der Waals surface area contributed by atoms with E-state index in [-0.39, 0.29) is 11.6 Å². The minimum atomic E-state index is -0.0397. The van der Waals surface area contributed by atoms with Gasteiger partial charge in [-0.05, 0) is 26.2 Å². The number of aryl methyl sites for hydroxylation is 2. The Morgan fingerprint density at radius 1 is 1.63 bits per heavy atom. The maximum absolute atomic E-state index is 5.93. The number of hydrogen-bond acceptors (Lipinski definition) is 4. The van der Waals surface area contributed by atoms with Crippen molar-refractivity contribution in [1.82, 2.24) is 15.1 Å². The lowest BCUT2D eigenvalue weighted by molar-refractivity contribution is 0.0189. The molecule has 1 saturated heterocycles. The largest absolute Gasteiger partial charge is 0.374 e. The monoisotopic (exact) mass is 266 g/mol. The highest BCUT2D eigenvalue weighted by Gasteiger charge is 2.30. The van der Waals surface area contributed by atoms with Gasteiger partial charge < -0.3 is 15.8 Å². The summed E-state index contributed by atoms with van der Waals surface area (Å²) < 4.78 is 7.68. The maximum atomic E-state index is 5.93. The third-order valence-electron chi connectivity index (χ3n) is 3.91. The number of nitrogens with zero attached hydrogens (tertiary/aromatic N) is 2. The van der Waals surface area contributed by atoms with E-state index in [0.29, 0.717) is 6.54 Å². The van der Waals surface area contributed by atoms with Crippen LogP contribution in [0, 0.1) is 0 Å². The molecule has 1 fully saturated rings. The average Bonchev–Trinajstić information content (AvgIpc) is 2.97. The highest BCUT2D eigenvalue weighted by atomic mass is 16.5. The summed E-state index contributed by atoms with van der Waals surface area (Å²) in [6.45, 7) is 6.59. The average molecular weight is 266 g/mol. The molecular weight excluding hydrogens is 240 g/mol. The van der Waals surface area contributed by atoms with Gasteiger partial charge in [-0.3, -0.25) is 4.68 Å². The van der Waals surface area contributed by atoms with Gasteiger partial charge in [0.05, 0.1) is 11.3 Å². The van der Waals surface area contributed by atoms with Crippen LogP contribution in [0.3, 0.4) is 0 Å². The van der Waals surface area contributed by atoms with Crippen molar-refractivity contribution in [3.05, 3.63) is 17.5 Å². The second-order valence-electron chi connectivity index (χ2n) is 5.63. The molecule has 19 heavy (non-hydrogen) atoms. The third-order valence-corrected chi connectivity index (χ3v) is 3.91. The van der Waals surface area contributed by atoms with Crippen LogP contribution in [0.4, 0.5) is 0 Å². The summed E-state index contributed by atoms with van der Waals surface area (Å²) in [4.78, 5) is 0. The van der Waals surface area contributed by atoms with Crippen LogP contribution in [0.25, 0.3) is 0 Å². The number of aromatic nitrogens is 2. The second kappa shape index (κ2) is 6.03. The molecule has 0 radical (unpaired) electrons. The number of nitrogens with one attached hydrogen (secondary N) is 1. The lowest BCUT2D eigenvalue weighted by Crippen LogP contribution is -2.41. The highest BCUT2D eigenvalue weighted by Crippen LogP contribution is 2.25. The van der Waals surface area contributed by atoms with Gasteiger partial charge in [-0.2, -0.15) is 5.10 Å². The second-order valence-corrected chi connectivity index (χ2v) is 5.63. The van der Waals surface area contributed by atoms with Gasteiger partial charge in [-0.15, -0.1) is 0 Å². The molecule has 3 N–H and O–H groups in total. The van der Waals surface area contributed by atoms with Crippen molar-refractivity contribution < 1.29 is 4.74 Å². The Balaban J connectivity index is 2.03. The van der Waals surface area contributed by atoms with Gasteiger partial charge in [-0.25, -0.2) is 0 Å². The summed E-state index contributed by atoms with van der Waals surface area (Å²) in [5.41, 5.74) is 8.23. The van der Waals surface area contributed by atoms with E-state index in [9.17, 15) is 0 Å². The lowest BCUT2D eigenvalue weighted by atomic mass is 10.0. The van der Waals surface area contributed by atoms with Crippen molar-refractivity contribution in [2.45, 2.75) is 44.8 Å². The number of nitrogens with two attached hydrogens (primary N) is 1. The minimum absolute atomic E-state index is 0.0397. The van der Waals surface area contributed by atoms with E-state index in [1.807, 2.05) is 11.7 Å². The third kappa shape index (κ3) is 3.35. The summed E-state index contributed by atoms with van der Waals surface area (Å²) >= 11 is 0. The molecule has 2 atom stereocenters. The molecule has 5 heteroatoms. The maximum Gasteiger partial charge on any atom is 0.0779 e. The molecule has 2 rings (SSSR count). The molecule has 0 aromatic carbocycles. The fraction of sp³-hybridized carbons (Fsp3) is 0.786. The first kappa shape index (κ1) is 14.5. The van der Waals surface area contributed by atoms with Crippen molar-refractivity contribution in [2.75, 3.05) is 19.7 Å². The number of hydrogen-bond donors (Lipinski definition) is 2. The SMILES string of the molecule is CCc1nn(C)cc1C(CN)NCC1(C)CCCO1. The van der Waals surface area contributed by atoms with Crippen LogP contribution in [0.1, 0.15) is 44.0 Å². The van der Waals surface area contributed by atoms with Crippen LogP contribution in [0.5, 0.6) is 0 Å². The zero-order chi connectivity index (χ0) is 13.9. The lowest BCUT2D eigenvalue weighted by Gasteiger charge is -2.27. The summed E-state index contributed by atoms with van der Waals surface area (Å²) in [6, 6.07) is 0.157. The number of rotatable bonds is 6. The smallest absolute Gasteiger partial charge is 0.0779 e. The Hall–Kier alpha value is -0.910. The summed E-state index contributed by atoms with van der Waals surface area (Å²) in [6.07, 6.45) is 5.27. The summed E-state index contributed by atoms with van der Waals surface area (Å²) in [5.74, 6) is 0. The van der Waals surface area contributed by atoms with Crippen molar-refractivity contribution in [3.8, 4) is 0 Å². The molecule has 0 aliphatic carbocycles. The van der Waals surface area contributed by atoms with Crippen LogP contribution in [0.15, 0.2) is 6.20 Å². The molecule has 5 nitrogen and oxygen atoms in total. The van der Waals surface area contributed by atoms with E-state index in [2.05, 4.69) is 30.5 Å². The van der Waals surface area contributed by atoms with Gasteiger partial charge in [0.25, 0.3) is 0 Å². The Morgan fingerprint density at radius 3 is 3.00 bits per heavy atom. The van der Waals surface area contributed by atoms with E-state index >= 15 is 0 Å². The Morgan fingerprint density at radius 2 is 2.42 bits per heavy atom. The molecule has 0 saturated carbocycles. The van der Waals surface area contributed by atoms with Gasteiger partial charge in [0.15, 0.2) is 0 Å². The molecule has 1 aliphatic heterocycles. The molecule has 1 aromatic rings. The first-order valence-corrected chi connectivity index (χ1v) is 7.18. The predicted octanol–water partition coefficient (Wildman–Crippen LogP) is 1.14. The molecule has 2 unspecified atom stereocenters. The van der Waals surface area contributed by atoms with E-state index in [1.54, 1.807) is 0 Å². The van der Waals surface area contributed by atoms with Gasteiger partial charge in [0.1, 0.15) is 0 Å². The van der Waals surface area contributed by atoms with Crippen molar-refractivity contribution >= 4 is 0 Å². The Kier molecular flexibility index (Phi) is 4.60. The molecular formula is C14H26N4O. The molecule has 108 valence electrons. The Labute approximate surface area is 115 Å². The van der Waals surface area contributed by atoms with Crippen LogP contribution < -0.4 is 11.1 Å². The van der Waals surface area contributed by atoms with Crippen LogP contribution in [-0.4, -0.2) is 35.1 Å². The molecule has 0 spiro atoms. The molecule has 0 amide bonds. The van der Waals surface area contributed by atoms with Crippen molar-refractivity contribution in [2.24, 2.45) is 12.8 Å². The van der Waals surface area contributed by atoms with Crippen molar-refractivity contribution in [1.29, 1.82) is 0 Å². The van der Waals surface area contributed by atoms with E-state index < -0.39 is 0 Å². The van der Waals surface area contributed by atoms with Gasteiger partial charge in [-0.1, -0.05) is 6.92 Å². The first-order chi connectivity index (χ1) is 9.08. The van der Waals surface area contributed by atoms with E-state index in [4.69, 9.17) is 10.5 Å². The summed E-state index contributed by atoms with van der Waals surface area (Å²) in [7, 11) is 1.96. The predicted molar refractivity (Wildman–Crippen MR) is 76.0 cm³/mol. The standard InChI is InChI=1S/C14H26N4O/c1-4-12-11(9-18(3)17-12)13(8-15)16-10-14(2)6-5-7-19-14/h9,13,16H,4-8,10,15H2,1-3H3. The van der Waals surface area contributed by atoms with E-state index in [1.165, 1.54) is 5.56 Å². The Bertz CT molecular complexity index is 410. The fourth-order valence-electron chi connectivity index (χ4n) is 2.75. The highest BCUT2D eigenvalue weighted by molar-refractivity contribution is 5.22. The zero-order valence-corrected chi connectivity index (χ0v) is 12.3. The quantitative estimate of drug-likeness (QED) is 0.810.